The summed E-state index contributed by atoms with van der Waals surface area (Å²) >= 11 is 3.96. The van der Waals surface area contributed by atoms with E-state index >= 15 is 0 Å². The van der Waals surface area contributed by atoms with Crippen molar-refractivity contribution in [1.29, 1.82) is 0 Å². The van der Waals surface area contributed by atoms with E-state index in [0.717, 1.165) is 5.56 Å². The highest BCUT2D eigenvalue weighted by Gasteiger charge is 1.86. The first kappa shape index (κ1) is 7.23. The van der Waals surface area contributed by atoms with Gasteiger partial charge in [0.2, 0.25) is 0 Å². The molecule has 1 aromatic rings. The van der Waals surface area contributed by atoms with Crippen LogP contribution in [0.4, 0.5) is 0 Å². The lowest BCUT2D eigenvalue weighted by atomic mass is 10.4. The standard InChI is InChI=1S/C7H8N2S/c1-9-6-7(5-8-9)3-2-4-10/h5-6,10H,4H2,1H3. The maximum Gasteiger partial charge on any atom is 0.0646 e. The third kappa shape index (κ3) is 1.82. The van der Waals surface area contributed by atoms with E-state index in [1.807, 2.05) is 13.2 Å². The van der Waals surface area contributed by atoms with Crippen molar-refractivity contribution in [3.8, 4) is 11.8 Å². The van der Waals surface area contributed by atoms with Crippen LogP contribution in [0.2, 0.25) is 0 Å². The molecule has 0 aliphatic carbocycles. The Labute approximate surface area is 65.7 Å². The second kappa shape index (κ2) is 3.33. The van der Waals surface area contributed by atoms with Crippen molar-refractivity contribution in [3.05, 3.63) is 18.0 Å². The Bertz CT molecular complexity index is 267. The Balaban J connectivity index is 2.76. The number of aryl methyl sites for hydroxylation is 1. The van der Waals surface area contributed by atoms with Crippen LogP contribution in [0.3, 0.4) is 0 Å². The molecule has 1 heterocycles. The molecule has 0 unspecified atom stereocenters. The molecule has 0 aliphatic heterocycles. The van der Waals surface area contributed by atoms with Crippen LogP contribution in [-0.4, -0.2) is 15.5 Å². The lowest BCUT2D eigenvalue weighted by molar-refractivity contribution is 0.767. The predicted molar refractivity (Wildman–Crippen MR) is 43.9 cm³/mol. The number of thiol groups is 1. The predicted octanol–water partition coefficient (Wildman–Crippen LogP) is 0.701. The average molecular weight is 152 g/mol. The number of nitrogens with zero attached hydrogens (tertiary/aromatic N) is 2. The minimum absolute atomic E-state index is 0.592. The molecular formula is C7H8N2S. The Hall–Kier alpha value is -0.880. The molecule has 10 heavy (non-hydrogen) atoms. The Morgan fingerprint density at radius 1 is 1.80 bits per heavy atom. The third-order valence-corrected chi connectivity index (χ3v) is 1.17. The highest BCUT2D eigenvalue weighted by atomic mass is 32.1. The van der Waals surface area contributed by atoms with Gasteiger partial charge in [-0.1, -0.05) is 11.8 Å². The van der Waals surface area contributed by atoms with Gasteiger partial charge in [-0.25, -0.2) is 0 Å². The fourth-order valence-electron chi connectivity index (χ4n) is 0.627. The zero-order valence-electron chi connectivity index (χ0n) is 5.70. The lowest BCUT2D eigenvalue weighted by Crippen LogP contribution is -1.83. The van der Waals surface area contributed by atoms with Crippen LogP contribution in [0.15, 0.2) is 12.4 Å². The van der Waals surface area contributed by atoms with Gasteiger partial charge in [0.15, 0.2) is 0 Å². The summed E-state index contributed by atoms with van der Waals surface area (Å²) in [7, 11) is 1.87. The molecule has 0 spiro atoms. The Morgan fingerprint density at radius 3 is 3.10 bits per heavy atom. The maximum atomic E-state index is 3.96. The highest BCUT2D eigenvalue weighted by Crippen LogP contribution is 1.91. The fraction of sp³-hybridized carbons (Fsp3) is 0.286. The molecular weight excluding hydrogens is 144 g/mol. The van der Waals surface area contributed by atoms with Crippen molar-refractivity contribution in [3.63, 3.8) is 0 Å². The highest BCUT2D eigenvalue weighted by molar-refractivity contribution is 7.80. The van der Waals surface area contributed by atoms with Crippen molar-refractivity contribution in [1.82, 2.24) is 9.78 Å². The molecule has 1 rings (SSSR count). The van der Waals surface area contributed by atoms with Crippen LogP contribution in [0, 0.1) is 11.8 Å². The first-order valence-electron chi connectivity index (χ1n) is 2.91. The van der Waals surface area contributed by atoms with Gasteiger partial charge in [-0.15, -0.1) is 0 Å². The van der Waals surface area contributed by atoms with E-state index in [-0.39, 0.29) is 0 Å². The number of rotatable bonds is 0. The number of aromatic nitrogens is 2. The smallest absolute Gasteiger partial charge is 0.0646 e. The van der Waals surface area contributed by atoms with E-state index in [1.165, 1.54) is 0 Å². The average Bonchev–Trinajstić information content (AvgIpc) is 2.31. The number of hydrogen-bond acceptors (Lipinski definition) is 2. The van der Waals surface area contributed by atoms with Crippen LogP contribution in [0.5, 0.6) is 0 Å². The van der Waals surface area contributed by atoms with Crippen LogP contribution < -0.4 is 0 Å². The van der Waals surface area contributed by atoms with Gasteiger partial charge in [-0.05, 0) is 0 Å². The summed E-state index contributed by atoms with van der Waals surface area (Å²) in [4.78, 5) is 0. The van der Waals surface area contributed by atoms with E-state index in [9.17, 15) is 0 Å². The third-order valence-electron chi connectivity index (χ3n) is 1.02. The quantitative estimate of drug-likeness (QED) is 0.428. The SMILES string of the molecule is Cn1cc(C#CCS)cn1. The molecule has 1 aromatic heterocycles. The molecule has 2 nitrogen and oxygen atoms in total. The van der Waals surface area contributed by atoms with Gasteiger partial charge in [-0.3, -0.25) is 4.68 Å². The van der Waals surface area contributed by atoms with E-state index < -0.39 is 0 Å². The summed E-state index contributed by atoms with van der Waals surface area (Å²) in [5.74, 6) is 6.34. The molecule has 0 bridgehead atoms. The van der Waals surface area contributed by atoms with Crippen molar-refractivity contribution in [2.24, 2.45) is 7.05 Å². The molecule has 0 aromatic carbocycles. The summed E-state index contributed by atoms with van der Waals surface area (Å²) in [6, 6.07) is 0. The Morgan fingerprint density at radius 2 is 2.60 bits per heavy atom. The summed E-state index contributed by atoms with van der Waals surface area (Å²) in [5.41, 5.74) is 0.941. The molecule has 0 aliphatic rings. The minimum Gasteiger partial charge on any atom is -0.275 e. The maximum absolute atomic E-state index is 3.96. The monoisotopic (exact) mass is 152 g/mol. The normalized spacial score (nSPS) is 8.60. The molecule has 0 saturated heterocycles. The van der Waals surface area contributed by atoms with Crippen molar-refractivity contribution in [2.45, 2.75) is 0 Å². The fourth-order valence-corrected chi connectivity index (χ4v) is 0.706. The van der Waals surface area contributed by atoms with Gasteiger partial charge in [-0.2, -0.15) is 17.7 Å². The van der Waals surface area contributed by atoms with Crippen LogP contribution >= 0.6 is 12.6 Å². The van der Waals surface area contributed by atoms with Gasteiger partial charge in [0, 0.05) is 13.2 Å². The van der Waals surface area contributed by atoms with E-state index in [1.54, 1.807) is 10.9 Å². The molecule has 0 saturated carbocycles. The molecule has 0 N–H and O–H groups in total. The molecule has 0 fully saturated rings. The Kier molecular flexibility index (Phi) is 2.41. The first-order chi connectivity index (χ1) is 4.83. The molecule has 0 radical (unpaired) electrons. The second-order valence-electron chi connectivity index (χ2n) is 1.86. The molecule has 3 heteroatoms. The van der Waals surface area contributed by atoms with Crippen molar-refractivity contribution >= 4 is 12.6 Å². The van der Waals surface area contributed by atoms with Gasteiger partial charge < -0.3 is 0 Å². The molecule has 0 atom stereocenters. The van der Waals surface area contributed by atoms with Gasteiger partial charge in [0.05, 0.1) is 17.5 Å². The molecule has 0 amide bonds. The van der Waals surface area contributed by atoms with Gasteiger partial charge in [0.1, 0.15) is 0 Å². The van der Waals surface area contributed by atoms with E-state index in [0.29, 0.717) is 5.75 Å². The van der Waals surface area contributed by atoms with Gasteiger partial charge >= 0.3 is 0 Å². The molecule has 52 valence electrons. The van der Waals surface area contributed by atoms with E-state index in [4.69, 9.17) is 0 Å². The van der Waals surface area contributed by atoms with Crippen molar-refractivity contribution < 1.29 is 0 Å². The summed E-state index contributed by atoms with van der Waals surface area (Å²) in [5, 5.41) is 3.96. The zero-order valence-corrected chi connectivity index (χ0v) is 6.60. The van der Waals surface area contributed by atoms with E-state index in [2.05, 4.69) is 29.6 Å². The summed E-state index contributed by atoms with van der Waals surface area (Å²) in [6.45, 7) is 0. The summed E-state index contributed by atoms with van der Waals surface area (Å²) in [6.07, 6.45) is 3.60. The first-order valence-corrected chi connectivity index (χ1v) is 3.54. The second-order valence-corrected chi connectivity index (χ2v) is 2.18. The number of hydrogen-bond donors (Lipinski definition) is 1. The van der Waals surface area contributed by atoms with Crippen LogP contribution in [0.25, 0.3) is 0 Å². The van der Waals surface area contributed by atoms with Gasteiger partial charge in [0.25, 0.3) is 0 Å². The van der Waals surface area contributed by atoms with Crippen molar-refractivity contribution in [2.75, 3.05) is 5.75 Å². The summed E-state index contributed by atoms with van der Waals surface area (Å²) < 4.78 is 1.72. The topological polar surface area (TPSA) is 17.8 Å². The van der Waals surface area contributed by atoms with Crippen LogP contribution in [0.1, 0.15) is 5.56 Å². The largest absolute Gasteiger partial charge is 0.275 e. The van der Waals surface area contributed by atoms with Crippen LogP contribution in [-0.2, 0) is 7.05 Å². The zero-order chi connectivity index (χ0) is 7.40. The minimum atomic E-state index is 0.592. The lowest BCUT2D eigenvalue weighted by Gasteiger charge is -1.79.